The van der Waals surface area contributed by atoms with Crippen molar-refractivity contribution in [3.05, 3.63) is 60.2 Å². The van der Waals surface area contributed by atoms with E-state index in [1.807, 2.05) is 42.7 Å². The number of imidazole rings is 1. The molecule has 3 rings (SSSR count). The van der Waals surface area contributed by atoms with Crippen LogP contribution in [0.5, 0.6) is 0 Å². The maximum atomic E-state index is 12.3. The van der Waals surface area contributed by atoms with Crippen molar-refractivity contribution < 1.29 is 4.79 Å². The van der Waals surface area contributed by atoms with Crippen LogP contribution in [0.25, 0.3) is 6.08 Å². The lowest BCUT2D eigenvalue weighted by molar-refractivity contribution is 0.180. The number of aryl methyl sites for hydroxylation is 1. The molecular formula is C20H26N4O. The molecule has 5 heteroatoms. The molecule has 25 heavy (non-hydrogen) atoms. The smallest absolute Gasteiger partial charge is 0.317 e. The highest BCUT2D eigenvalue weighted by Gasteiger charge is 2.25. The van der Waals surface area contributed by atoms with Crippen molar-refractivity contribution in [3.8, 4) is 0 Å². The van der Waals surface area contributed by atoms with Crippen LogP contribution in [-0.4, -0.2) is 40.1 Å². The number of likely N-dealkylation sites (tertiary alicyclic amines) is 1. The number of carbonyl (C=O) groups excluding carboxylic acids is 1. The molecule has 0 saturated carbocycles. The van der Waals surface area contributed by atoms with Crippen LogP contribution < -0.4 is 5.32 Å². The van der Waals surface area contributed by atoms with E-state index in [1.165, 1.54) is 11.3 Å². The minimum Gasteiger partial charge on any atom is -0.338 e. The number of urea groups is 1. The molecule has 2 amide bonds. The van der Waals surface area contributed by atoms with Gasteiger partial charge in [-0.25, -0.2) is 9.78 Å². The number of amides is 2. The van der Waals surface area contributed by atoms with Crippen molar-refractivity contribution in [3.63, 3.8) is 0 Å². The Morgan fingerprint density at radius 3 is 2.64 bits per heavy atom. The minimum atomic E-state index is 0.0474. The second-order valence-electron chi connectivity index (χ2n) is 6.62. The topological polar surface area (TPSA) is 50.2 Å². The summed E-state index contributed by atoms with van der Waals surface area (Å²) in [5.41, 5.74) is 3.60. The molecule has 132 valence electrons. The number of rotatable bonds is 5. The van der Waals surface area contributed by atoms with Crippen molar-refractivity contribution in [2.45, 2.75) is 25.2 Å². The van der Waals surface area contributed by atoms with E-state index in [0.717, 1.165) is 37.9 Å². The van der Waals surface area contributed by atoms with Crippen LogP contribution in [0.15, 0.2) is 43.4 Å². The van der Waals surface area contributed by atoms with Crippen LogP contribution in [0.3, 0.4) is 0 Å². The van der Waals surface area contributed by atoms with E-state index < -0.39 is 0 Å². The van der Waals surface area contributed by atoms with E-state index in [0.29, 0.717) is 12.5 Å². The third kappa shape index (κ3) is 4.29. The number of hydrogen-bond donors (Lipinski definition) is 1. The van der Waals surface area contributed by atoms with Crippen LogP contribution in [0, 0.1) is 0 Å². The fourth-order valence-corrected chi connectivity index (χ4v) is 3.39. The lowest BCUT2D eigenvalue weighted by Crippen LogP contribution is -2.44. The van der Waals surface area contributed by atoms with E-state index in [9.17, 15) is 4.79 Å². The van der Waals surface area contributed by atoms with E-state index in [4.69, 9.17) is 0 Å². The van der Waals surface area contributed by atoms with E-state index >= 15 is 0 Å². The molecule has 1 aromatic heterocycles. The number of benzene rings is 1. The van der Waals surface area contributed by atoms with Crippen molar-refractivity contribution in [1.29, 1.82) is 0 Å². The summed E-state index contributed by atoms with van der Waals surface area (Å²) in [5.74, 6) is 0.500. The van der Waals surface area contributed by atoms with E-state index in [1.54, 1.807) is 0 Å². The molecule has 1 fully saturated rings. The summed E-state index contributed by atoms with van der Waals surface area (Å²) in [5, 5.41) is 3.04. The quantitative estimate of drug-likeness (QED) is 0.910. The Morgan fingerprint density at radius 2 is 2.04 bits per heavy atom. The van der Waals surface area contributed by atoms with Gasteiger partial charge in [-0.3, -0.25) is 0 Å². The molecule has 1 aliphatic heterocycles. The van der Waals surface area contributed by atoms with Gasteiger partial charge in [0, 0.05) is 44.5 Å². The molecule has 0 unspecified atom stereocenters. The number of piperidine rings is 1. The number of nitrogens with one attached hydrogen (secondary N) is 1. The first-order valence-corrected chi connectivity index (χ1v) is 8.87. The molecule has 1 N–H and O–H groups in total. The first kappa shape index (κ1) is 17.3. The zero-order chi connectivity index (χ0) is 17.6. The highest BCUT2D eigenvalue weighted by molar-refractivity contribution is 5.74. The van der Waals surface area contributed by atoms with Crippen LogP contribution in [0.2, 0.25) is 0 Å². The van der Waals surface area contributed by atoms with Gasteiger partial charge in [0.2, 0.25) is 0 Å². The molecule has 1 aliphatic rings. The molecular weight excluding hydrogens is 312 g/mol. The molecule has 2 heterocycles. The Hall–Kier alpha value is -2.56. The molecule has 0 spiro atoms. The summed E-state index contributed by atoms with van der Waals surface area (Å²) in [6, 6.07) is 8.32. The van der Waals surface area contributed by atoms with Gasteiger partial charge in [-0.2, -0.15) is 0 Å². The van der Waals surface area contributed by atoms with Crippen LogP contribution in [0.1, 0.15) is 35.6 Å². The van der Waals surface area contributed by atoms with Crippen molar-refractivity contribution >= 4 is 12.1 Å². The number of nitrogens with zero attached hydrogens (tertiary/aromatic N) is 3. The Balaban J connectivity index is 1.42. The standard InChI is InChI=1S/C20H26N4O/c1-3-16-4-6-17(7-5-16)8-11-22-20(25)24-12-9-18(10-13-24)19-14-21-15-23(19)2/h3-7,14-15,18H,1,8-13H2,2H3,(H,22,25). The highest BCUT2D eigenvalue weighted by Crippen LogP contribution is 2.27. The molecule has 5 nitrogen and oxygen atoms in total. The fraction of sp³-hybridized carbons (Fsp3) is 0.400. The summed E-state index contributed by atoms with van der Waals surface area (Å²) in [4.78, 5) is 18.5. The number of hydrogen-bond acceptors (Lipinski definition) is 2. The van der Waals surface area contributed by atoms with Gasteiger partial charge in [0.1, 0.15) is 0 Å². The van der Waals surface area contributed by atoms with Crippen LogP contribution in [0.4, 0.5) is 4.79 Å². The maximum absolute atomic E-state index is 12.3. The van der Waals surface area contributed by atoms with Crippen molar-refractivity contribution in [1.82, 2.24) is 19.8 Å². The Bertz CT molecular complexity index is 712. The van der Waals surface area contributed by atoms with Gasteiger partial charge in [-0.05, 0) is 30.4 Å². The zero-order valence-corrected chi connectivity index (χ0v) is 14.8. The second-order valence-corrected chi connectivity index (χ2v) is 6.62. The Labute approximate surface area is 149 Å². The molecule has 2 aromatic rings. The van der Waals surface area contributed by atoms with Crippen LogP contribution in [-0.2, 0) is 13.5 Å². The summed E-state index contributed by atoms with van der Waals surface area (Å²) in [7, 11) is 2.03. The SMILES string of the molecule is C=Cc1ccc(CCNC(=O)N2CCC(c3cncn3C)CC2)cc1. The van der Waals surface area contributed by atoms with E-state index in [2.05, 4.69) is 33.6 Å². The van der Waals surface area contributed by atoms with Gasteiger partial charge >= 0.3 is 6.03 Å². The third-order valence-electron chi connectivity index (χ3n) is 4.96. The van der Waals surface area contributed by atoms with Gasteiger partial charge in [0.05, 0.1) is 6.33 Å². The lowest BCUT2D eigenvalue weighted by Gasteiger charge is -2.32. The largest absolute Gasteiger partial charge is 0.338 e. The van der Waals surface area contributed by atoms with Gasteiger partial charge in [0.25, 0.3) is 0 Å². The predicted molar refractivity (Wildman–Crippen MR) is 100 cm³/mol. The van der Waals surface area contributed by atoms with Gasteiger partial charge in [0.15, 0.2) is 0 Å². The molecule has 0 aliphatic carbocycles. The Kier molecular flexibility index (Phi) is 5.53. The van der Waals surface area contributed by atoms with Crippen molar-refractivity contribution in [2.24, 2.45) is 7.05 Å². The van der Waals surface area contributed by atoms with Gasteiger partial charge in [-0.1, -0.05) is 36.9 Å². The number of aromatic nitrogens is 2. The van der Waals surface area contributed by atoms with Crippen molar-refractivity contribution in [2.75, 3.05) is 19.6 Å². The monoisotopic (exact) mass is 338 g/mol. The van der Waals surface area contributed by atoms with Gasteiger partial charge < -0.3 is 14.8 Å². The minimum absolute atomic E-state index is 0.0474. The molecule has 1 aromatic carbocycles. The first-order chi connectivity index (χ1) is 12.2. The molecule has 0 radical (unpaired) electrons. The third-order valence-corrected chi connectivity index (χ3v) is 4.96. The summed E-state index contributed by atoms with van der Waals surface area (Å²) in [6.07, 6.45) is 8.45. The number of carbonyl (C=O) groups is 1. The lowest BCUT2D eigenvalue weighted by atomic mass is 9.94. The first-order valence-electron chi connectivity index (χ1n) is 8.87. The van der Waals surface area contributed by atoms with E-state index in [-0.39, 0.29) is 6.03 Å². The summed E-state index contributed by atoms with van der Waals surface area (Å²) in [6.45, 7) is 6.02. The normalized spacial score (nSPS) is 15.2. The highest BCUT2D eigenvalue weighted by atomic mass is 16.2. The van der Waals surface area contributed by atoms with Gasteiger partial charge in [-0.15, -0.1) is 0 Å². The molecule has 0 atom stereocenters. The summed E-state index contributed by atoms with van der Waals surface area (Å²) >= 11 is 0. The Morgan fingerprint density at radius 1 is 1.32 bits per heavy atom. The average Bonchev–Trinajstić information content (AvgIpc) is 3.08. The molecule has 0 bridgehead atoms. The summed E-state index contributed by atoms with van der Waals surface area (Å²) < 4.78 is 2.08. The van der Waals surface area contributed by atoms with Crippen LogP contribution >= 0.6 is 0 Å². The maximum Gasteiger partial charge on any atom is 0.317 e. The molecule has 1 saturated heterocycles. The second kappa shape index (κ2) is 8.01. The fourth-order valence-electron chi connectivity index (χ4n) is 3.39. The zero-order valence-electron chi connectivity index (χ0n) is 14.8. The average molecular weight is 338 g/mol. The predicted octanol–water partition coefficient (Wildman–Crippen LogP) is 3.19.